The second-order valence-corrected chi connectivity index (χ2v) is 11.8. The number of aromatic nitrogens is 1. The minimum atomic E-state index is -0.140. The van der Waals surface area contributed by atoms with Gasteiger partial charge in [-0.25, -0.2) is 5.01 Å². The summed E-state index contributed by atoms with van der Waals surface area (Å²) in [7, 11) is 2.18. The molecule has 2 aromatic rings. The number of carbonyl (C=O) groups is 1. The van der Waals surface area contributed by atoms with Gasteiger partial charge in [0.05, 0.1) is 13.2 Å². The molecule has 3 aliphatic rings. The van der Waals surface area contributed by atoms with Crippen LogP contribution in [-0.2, 0) is 11.3 Å². The third-order valence-electron chi connectivity index (χ3n) is 9.08. The molecular weight excluding hydrogens is 504 g/mol. The molecular formula is C31H46N6O3. The van der Waals surface area contributed by atoms with Crippen LogP contribution in [0.25, 0.3) is 0 Å². The predicted octanol–water partition coefficient (Wildman–Crippen LogP) is 2.84. The third kappa shape index (κ3) is 6.60. The van der Waals surface area contributed by atoms with Crippen molar-refractivity contribution in [3.63, 3.8) is 0 Å². The van der Waals surface area contributed by atoms with Gasteiger partial charge in [0, 0.05) is 87.3 Å². The van der Waals surface area contributed by atoms with E-state index in [1.807, 2.05) is 19.9 Å². The van der Waals surface area contributed by atoms with Gasteiger partial charge in [-0.1, -0.05) is 12.8 Å². The normalized spacial score (nSPS) is 20.8. The van der Waals surface area contributed by atoms with Crippen molar-refractivity contribution in [2.75, 3.05) is 64.4 Å². The Labute approximate surface area is 238 Å². The largest absolute Gasteiger partial charge is 0.379 e. The zero-order valence-electron chi connectivity index (χ0n) is 24.6. The van der Waals surface area contributed by atoms with Crippen LogP contribution < -0.4 is 21.2 Å². The number of ether oxygens (including phenoxy) is 1. The lowest BCUT2D eigenvalue weighted by atomic mass is 9.93. The topological polar surface area (TPSA) is 92.9 Å². The SMILES string of the molecule is Cc1cc(C)c(CNC(=O)c2cc(C3CNN(CCN4CCOCC4)C3)cc(N(C)C3CCCC3)c2C)c(=O)[nH]1. The third-order valence-corrected chi connectivity index (χ3v) is 9.08. The minimum Gasteiger partial charge on any atom is -0.379 e. The summed E-state index contributed by atoms with van der Waals surface area (Å²) in [6.45, 7) is 13.5. The van der Waals surface area contributed by atoms with Crippen LogP contribution in [-0.4, -0.2) is 86.4 Å². The van der Waals surface area contributed by atoms with Gasteiger partial charge in [-0.3, -0.25) is 19.9 Å². The monoisotopic (exact) mass is 550 g/mol. The van der Waals surface area contributed by atoms with E-state index >= 15 is 0 Å². The number of hydrazine groups is 1. The first kappa shape index (κ1) is 28.8. The number of pyridine rings is 1. The summed E-state index contributed by atoms with van der Waals surface area (Å²) in [5.74, 6) is 0.171. The Morgan fingerprint density at radius 1 is 1.10 bits per heavy atom. The van der Waals surface area contributed by atoms with Crippen molar-refractivity contribution >= 4 is 11.6 Å². The number of rotatable bonds is 9. The maximum absolute atomic E-state index is 13.6. The van der Waals surface area contributed by atoms with E-state index in [1.165, 1.54) is 31.2 Å². The van der Waals surface area contributed by atoms with Crippen LogP contribution in [0, 0.1) is 20.8 Å². The molecule has 3 fully saturated rings. The summed E-state index contributed by atoms with van der Waals surface area (Å²) in [5.41, 5.74) is 9.82. The Hall–Kier alpha value is -2.72. The van der Waals surface area contributed by atoms with Crippen molar-refractivity contribution in [1.29, 1.82) is 0 Å². The second-order valence-electron chi connectivity index (χ2n) is 11.8. The molecule has 3 N–H and O–H groups in total. The van der Waals surface area contributed by atoms with Crippen molar-refractivity contribution in [1.82, 2.24) is 25.6 Å². The van der Waals surface area contributed by atoms with E-state index in [-0.39, 0.29) is 18.0 Å². The molecule has 0 radical (unpaired) electrons. The standard InChI is InChI=1S/C31H46N6O3/c1-21-15-22(2)34-31(39)28(21)19-32-30(38)27-16-24(17-29(23(27)3)35(4)26-7-5-6-8-26)25-18-33-37(20-25)10-9-36-11-13-40-14-12-36/h15-17,25-26,33H,5-14,18-20H2,1-4H3,(H,32,38)(H,34,39). The fourth-order valence-electron chi connectivity index (χ4n) is 6.53. The number of carbonyl (C=O) groups excluding carboxylic acids is 1. The summed E-state index contributed by atoms with van der Waals surface area (Å²) >= 11 is 0. The van der Waals surface area contributed by atoms with Gasteiger partial charge in [-0.15, -0.1) is 0 Å². The highest BCUT2D eigenvalue weighted by atomic mass is 16.5. The first-order chi connectivity index (χ1) is 19.3. The van der Waals surface area contributed by atoms with Crippen LogP contribution in [0.3, 0.4) is 0 Å². The summed E-state index contributed by atoms with van der Waals surface area (Å²) < 4.78 is 5.49. The van der Waals surface area contributed by atoms with Crippen LogP contribution in [0.4, 0.5) is 5.69 Å². The lowest BCUT2D eigenvalue weighted by Crippen LogP contribution is -2.43. The molecule has 0 spiro atoms. The molecule has 0 bridgehead atoms. The number of benzene rings is 1. The molecule has 218 valence electrons. The molecule has 1 unspecified atom stereocenters. The molecule has 2 saturated heterocycles. The Morgan fingerprint density at radius 2 is 1.85 bits per heavy atom. The zero-order valence-corrected chi connectivity index (χ0v) is 24.6. The Morgan fingerprint density at radius 3 is 2.58 bits per heavy atom. The molecule has 9 heteroatoms. The molecule has 1 atom stereocenters. The van der Waals surface area contributed by atoms with Crippen molar-refractivity contribution < 1.29 is 9.53 Å². The molecule has 5 rings (SSSR count). The van der Waals surface area contributed by atoms with E-state index in [2.05, 4.69) is 56.6 Å². The van der Waals surface area contributed by atoms with Gasteiger partial charge in [-0.05, 0) is 68.5 Å². The van der Waals surface area contributed by atoms with Crippen LogP contribution in [0.15, 0.2) is 23.0 Å². The second kappa shape index (κ2) is 12.9. The molecule has 1 aromatic carbocycles. The number of hydrogen-bond donors (Lipinski definition) is 3. The maximum atomic E-state index is 13.6. The van der Waals surface area contributed by atoms with Gasteiger partial charge in [0.15, 0.2) is 0 Å². The fourth-order valence-corrected chi connectivity index (χ4v) is 6.53. The lowest BCUT2D eigenvalue weighted by Gasteiger charge is -2.30. The molecule has 3 heterocycles. The summed E-state index contributed by atoms with van der Waals surface area (Å²) in [5, 5.41) is 5.38. The molecule has 1 aliphatic carbocycles. The number of nitrogens with one attached hydrogen (secondary N) is 3. The molecule has 9 nitrogen and oxygen atoms in total. The molecule has 1 amide bonds. The van der Waals surface area contributed by atoms with Crippen LogP contribution in [0.1, 0.15) is 69.9 Å². The number of aryl methyl sites for hydroxylation is 2. The van der Waals surface area contributed by atoms with E-state index < -0.39 is 0 Å². The minimum absolute atomic E-state index is 0.130. The first-order valence-electron chi connectivity index (χ1n) is 14.9. The Balaban J connectivity index is 1.35. The van der Waals surface area contributed by atoms with Crippen molar-refractivity contribution in [3.8, 4) is 0 Å². The Bertz CT molecular complexity index is 1250. The summed E-state index contributed by atoms with van der Waals surface area (Å²) in [4.78, 5) is 33.9. The van der Waals surface area contributed by atoms with Gasteiger partial charge in [0.1, 0.15) is 0 Å². The average molecular weight is 551 g/mol. The Kier molecular flexibility index (Phi) is 9.25. The van der Waals surface area contributed by atoms with Gasteiger partial charge < -0.3 is 19.9 Å². The smallest absolute Gasteiger partial charge is 0.253 e. The van der Waals surface area contributed by atoms with Gasteiger partial charge in [0.2, 0.25) is 0 Å². The highest BCUT2D eigenvalue weighted by Crippen LogP contribution is 2.34. The van der Waals surface area contributed by atoms with Crippen molar-refractivity contribution in [3.05, 3.63) is 62.1 Å². The number of amides is 1. The van der Waals surface area contributed by atoms with Gasteiger partial charge in [-0.2, -0.15) is 0 Å². The fraction of sp³-hybridized carbons (Fsp3) is 0.613. The number of morpholine rings is 1. The van der Waals surface area contributed by atoms with E-state index in [1.54, 1.807) is 0 Å². The zero-order chi connectivity index (χ0) is 28.2. The molecule has 40 heavy (non-hydrogen) atoms. The number of H-pyrrole nitrogens is 1. The van der Waals surface area contributed by atoms with Crippen LogP contribution in [0.2, 0.25) is 0 Å². The van der Waals surface area contributed by atoms with Crippen LogP contribution in [0.5, 0.6) is 0 Å². The highest BCUT2D eigenvalue weighted by Gasteiger charge is 2.28. The van der Waals surface area contributed by atoms with E-state index in [4.69, 9.17) is 4.74 Å². The lowest BCUT2D eigenvalue weighted by molar-refractivity contribution is 0.0323. The highest BCUT2D eigenvalue weighted by molar-refractivity contribution is 5.97. The van der Waals surface area contributed by atoms with E-state index in [0.29, 0.717) is 23.1 Å². The number of hydrogen-bond acceptors (Lipinski definition) is 7. The number of anilines is 1. The quantitative estimate of drug-likeness (QED) is 0.442. The van der Waals surface area contributed by atoms with E-state index in [9.17, 15) is 9.59 Å². The predicted molar refractivity (Wildman–Crippen MR) is 159 cm³/mol. The van der Waals surface area contributed by atoms with Gasteiger partial charge >= 0.3 is 0 Å². The average Bonchev–Trinajstić information content (AvgIpc) is 3.64. The first-order valence-corrected chi connectivity index (χ1v) is 14.9. The molecule has 1 saturated carbocycles. The number of nitrogens with zero attached hydrogens (tertiary/aromatic N) is 3. The van der Waals surface area contributed by atoms with Crippen molar-refractivity contribution in [2.45, 2.75) is 65.0 Å². The van der Waals surface area contributed by atoms with E-state index in [0.717, 1.165) is 75.0 Å². The summed E-state index contributed by atoms with van der Waals surface area (Å²) in [6.07, 6.45) is 4.90. The molecule has 1 aromatic heterocycles. The van der Waals surface area contributed by atoms with Crippen LogP contribution >= 0.6 is 0 Å². The van der Waals surface area contributed by atoms with Crippen molar-refractivity contribution in [2.24, 2.45) is 0 Å². The summed E-state index contributed by atoms with van der Waals surface area (Å²) in [6, 6.07) is 6.85. The molecule has 2 aliphatic heterocycles. The number of aromatic amines is 1. The maximum Gasteiger partial charge on any atom is 0.253 e. The van der Waals surface area contributed by atoms with Gasteiger partial charge in [0.25, 0.3) is 11.5 Å².